The summed E-state index contributed by atoms with van der Waals surface area (Å²) in [4.78, 5) is 22.1. The molecule has 0 unspecified atom stereocenters. The van der Waals surface area contributed by atoms with Gasteiger partial charge in [0, 0.05) is 13.6 Å². The van der Waals surface area contributed by atoms with Gasteiger partial charge in [0.1, 0.15) is 5.02 Å². The number of hydrogen-bond acceptors (Lipinski definition) is 4. The summed E-state index contributed by atoms with van der Waals surface area (Å²) in [6.07, 6.45) is 2.25. The van der Waals surface area contributed by atoms with Gasteiger partial charge >= 0.3 is 0 Å². The van der Waals surface area contributed by atoms with Crippen molar-refractivity contribution in [3.63, 3.8) is 0 Å². The first-order valence-corrected chi connectivity index (χ1v) is 7.56. The van der Waals surface area contributed by atoms with Gasteiger partial charge in [-0.2, -0.15) is 4.98 Å². The van der Waals surface area contributed by atoms with Crippen molar-refractivity contribution in [2.45, 2.75) is 13.3 Å². The van der Waals surface area contributed by atoms with Crippen LogP contribution in [0.25, 0.3) is 0 Å². The topological polar surface area (TPSA) is 58.1 Å². The molecule has 0 bridgehead atoms. The van der Waals surface area contributed by atoms with E-state index in [1.54, 1.807) is 11.9 Å². The molecule has 5 nitrogen and oxygen atoms in total. The number of aromatic nitrogens is 2. The first-order valence-electron chi connectivity index (χ1n) is 6.80. The lowest BCUT2D eigenvalue weighted by molar-refractivity contribution is 0.0781. The minimum Gasteiger partial charge on any atom is -0.341 e. The fraction of sp³-hybridized carbons (Fsp3) is 0.267. The van der Waals surface area contributed by atoms with Gasteiger partial charge in [-0.1, -0.05) is 17.7 Å². The van der Waals surface area contributed by atoms with Crippen LogP contribution in [0, 0.1) is 6.92 Å². The molecule has 7 heteroatoms. The lowest BCUT2D eigenvalue weighted by Crippen LogP contribution is -2.35. The highest BCUT2D eigenvalue weighted by Gasteiger charge is 2.26. The summed E-state index contributed by atoms with van der Waals surface area (Å²) < 4.78 is 0. The van der Waals surface area contributed by atoms with Crippen molar-refractivity contribution in [3.05, 3.63) is 45.3 Å². The molecule has 3 rings (SSSR count). The quantitative estimate of drug-likeness (QED) is 0.853. The number of rotatable bonds is 2. The largest absolute Gasteiger partial charge is 0.341 e. The summed E-state index contributed by atoms with van der Waals surface area (Å²) in [7, 11) is 1.80. The molecular weight excluding hydrogens is 323 g/mol. The molecule has 1 amide bonds. The lowest BCUT2D eigenvalue weighted by atomic mass is 9.93. The van der Waals surface area contributed by atoms with E-state index in [0.717, 1.165) is 24.1 Å². The maximum absolute atomic E-state index is 12.5. The molecule has 0 spiro atoms. The Kier molecular flexibility index (Phi) is 3.93. The minimum absolute atomic E-state index is 0.0104. The van der Waals surface area contributed by atoms with E-state index < -0.39 is 0 Å². The maximum Gasteiger partial charge on any atom is 0.256 e. The second-order valence-corrected chi connectivity index (χ2v) is 5.97. The SMILES string of the molecule is Cc1ccc(Nc2nc(Cl)ncc2Cl)c2c1CCN(C)C2=O. The van der Waals surface area contributed by atoms with Gasteiger partial charge in [-0.15, -0.1) is 0 Å². The van der Waals surface area contributed by atoms with E-state index in [9.17, 15) is 4.79 Å². The molecular formula is C15H14Cl2N4O. The highest BCUT2D eigenvalue weighted by atomic mass is 35.5. The third-order valence-electron chi connectivity index (χ3n) is 3.77. The molecule has 2 aromatic rings. The molecule has 0 atom stereocenters. The van der Waals surface area contributed by atoms with E-state index in [4.69, 9.17) is 23.2 Å². The average molecular weight is 337 g/mol. The van der Waals surface area contributed by atoms with Gasteiger partial charge in [0.25, 0.3) is 5.91 Å². The normalized spacial score (nSPS) is 14.0. The van der Waals surface area contributed by atoms with Crippen LogP contribution in [0.15, 0.2) is 18.3 Å². The van der Waals surface area contributed by atoms with E-state index in [1.165, 1.54) is 6.20 Å². The number of benzene rings is 1. The van der Waals surface area contributed by atoms with Gasteiger partial charge < -0.3 is 10.2 Å². The Morgan fingerprint density at radius 2 is 2.09 bits per heavy atom. The third kappa shape index (κ3) is 2.62. The van der Waals surface area contributed by atoms with E-state index in [1.807, 2.05) is 19.1 Å². The van der Waals surface area contributed by atoms with E-state index in [2.05, 4.69) is 15.3 Å². The van der Waals surface area contributed by atoms with E-state index in [-0.39, 0.29) is 11.2 Å². The zero-order valence-corrected chi connectivity index (χ0v) is 13.7. The molecule has 0 radical (unpaired) electrons. The Hall–Kier alpha value is -1.85. The van der Waals surface area contributed by atoms with Gasteiger partial charge in [-0.25, -0.2) is 4.98 Å². The number of halogens is 2. The molecule has 1 N–H and O–H groups in total. The predicted octanol–water partition coefficient (Wildman–Crippen LogP) is 3.46. The van der Waals surface area contributed by atoms with Gasteiger partial charge in [0.2, 0.25) is 5.28 Å². The summed E-state index contributed by atoms with van der Waals surface area (Å²) in [6, 6.07) is 3.84. The van der Waals surface area contributed by atoms with Gasteiger partial charge in [-0.3, -0.25) is 4.79 Å². The molecule has 0 aliphatic carbocycles. The Labute approximate surface area is 138 Å². The lowest BCUT2D eigenvalue weighted by Gasteiger charge is -2.28. The van der Waals surface area contributed by atoms with Gasteiger partial charge in [0.05, 0.1) is 17.4 Å². The van der Waals surface area contributed by atoms with Crippen LogP contribution in [0.4, 0.5) is 11.5 Å². The van der Waals surface area contributed by atoms with Crippen LogP contribution in [-0.2, 0) is 6.42 Å². The van der Waals surface area contributed by atoms with Crippen LogP contribution in [0.1, 0.15) is 21.5 Å². The van der Waals surface area contributed by atoms with Crippen molar-refractivity contribution in [3.8, 4) is 0 Å². The van der Waals surface area contributed by atoms with Crippen molar-refractivity contribution < 1.29 is 4.79 Å². The van der Waals surface area contributed by atoms with Crippen LogP contribution in [0.3, 0.4) is 0 Å². The number of hydrogen-bond donors (Lipinski definition) is 1. The first-order chi connectivity index (χ1) is 10.5. The second-order valence-electron chi connectivity index (χ2n) is 5.22. The zero-order chi connectivity index (χ0) is 15.9. The molecule has 1 aromatic carbocycles. The number of nitrogens with one attached hydrogen (secondary N) is 1. The summed E-state index contributed by atoms with van der Waals surface area (Å²) in [5.41, 5.74) is 3.51. The first kappa shape index (κ1) is 15.1. The van der Waals surface area contributed by atoms with Crippen LogP contribution >= 0.6 is 23.2 Å². The van der Waals surface area contributed by atoms with Crippen LogP contribution in [-0.4, -0.2) is 34.4 Å². The zero-order valence-electron chi connectivity index (χ0n) is 12.2. The molecule has 0 fully saturated rings. The van der Waals surface area contributed by atoms with E-state index >= 15 is 0 Å². The fourth-order valence-electron chi connectivity index (χ4n) is 2.56. The number of likely N-dealkylation sites (N-methyl/N-ethyl adjacent to an activating group) is 1. The second kappa shape index (κ2) is 5.74. The molecule has 0 saturated carbocycles. The van der Waals surface area contributed by atoms with Crippen LogP contribution in [0.2, 0.25) is 10.3 Å². The molecule has 0 saturated heterocycles. The highest BCUT2D eigenvalue weighted by molar-refractivity contribution is 6.33. The number of carbonyl (C=O) groups is 1. The average Bonchev–Trinajstić information content (AvgIpc) is 2.49. The van der Waals surface area contributed by atoms with Crippen molar-refractivity contribution in [2.24, 2.45) is 0 Å². The Bertz CT molecular complexity index is 763. The monoisotopic (exact) mass is 336 g/mol. The highest BCUT2D eigenvalue weighted by Crippen LogP contribution is 2.32. The molecule has 2 heterocycles. The molecule has 1 aliphatic rings. The standard InChI is InChI=1S/C15H14Cl2N4O/c1-8-3-4-11(12-9(8)5-6-21(2)14(12)22)19-13-10(16)7-18-15(17)20-13/h3-4,7H,5-6H2,1-2H3,(H,18,19,20). The molecule has 1 aromatic heterocycles. The maximum atomic E-state index is 12.5. The van der Waals surface area contributed by atoms with Crippen molar-refractivity contribution in [2.75, 3.05) is 18.9 Å². The number of nitrogens with zero attached hydrogens (tertiary/aromatic N) is 3. The van der Waals surface area contributed by atoms with Gasteiger partial charge in [0.15, 0.2) is 5.82 Å². The number of carbonyl (C=O) groups excluding carboxylic acids is 1. The van der Waals surface area contributed by atoms with Gasteiger partial charge in [-0.05, 0) is 42.1 Å². The predicted molar refractivity (Wildman–Crippen MR) is 87.2 cm³/mol. The summed E-state index contributed by atoms with van der Waals surface area (Å²) in [6.45, 7) is 2.73. The number of amides is 1. The van der Waals surface area contributed by atoms with Crippen molar-refractivity contribution in [1.82, 2.24) is 14.9 Å². The molecule has 114 valence electrons. The van der Waals surface area contributed by atoms with Crippen LogP contribution in [0.5, 0.6) is 0 Å². The molecule has 22 heavy (non-hydrogen) atoms. The Morgan fingerprint density at radius 3 is 2.86 bits per heavy atom. The fourth-order valence-corrected chi connectivity index (χ4v) is 2.83. The van der Waals surface area contributed by atoms with Crippen molar-refractivity contribution in [1.29, 1.82) is 0 Å². The third-order valence-corrected chi connectivity index (χ3v) is 4.23. The summed E-state index contributed by atoms with van der Waals surface area (Å²) in [5, 5.41) is 3.54. The number of fused-ring (bicyclic) bond motifs is 1. The number of anilines is 2. The summed E-state index contributed by atoms with van der Waals surface area (Å²) in [5.74, 6) is 0.373. The number of aryl methyl sites for hydroxylation is 1. The smallest absolute Gasteiger partial charge is 0.256 e. The minimum atomic E-state index is -0.0104. The van der Waals surface area contributed by atoms with Crippen molar-refractivity contribution >= 4 is 40.6 Å². The van der Waals surface area contributed by atoms with Crippen LogP contribution < -0.4 is 5.32 Å². The summed E-state index contributed by atoms with van der Waals surface area (Å²) >= 11 is 11.9. The molecule has 1 aliphatic heterocycles. The Morgan fingerprint density at radius 1 is 1.32 bits per heavy atom. The Balaban J connectivity index is 2.09. The van der Waals surface area contributed by atoms with E-state index in [0.29, 0.717) is 22.1 Å².